The molecule has 0 spiro atoms. The highest BCUT2D eigenvalue weighted by Crippen LogP contribution is 2.32. The van der Waals surface area contributed by atoms with E-state index in [1.807, 2.05) is 30.3 Å². The maximum atomic E-state index is 13.3. The molecule has 6 atom stereocenters. The molecular formula is C30H43N3O6. The van der Waals surface area contributed by atoms with Crippen molar-refractivity contribution in [3.05, 3.63) is 35.9 Å². The number of carbonyl (C=O) groups excluding carboxylic acids is 4. The van der Waals surface area contributed by atoms with Crippen LogP contribution in [-0.2, 0) is 30.5 Å². The largest absolute Gasteiger partial charge is 0.461 e. The number of alkyl carbamates (subject to hydrolysis) is 1. The van der Waals surface area contributed by atoms with Gasteiger partial charge in [0.15, 0.2) is 0 Å². The second-order valence-electron chi connectivity index (χ2n) is 12.2. The molecule has 0 aliphatic heterocycles. The van der Waals surface area contributed by atoms with Crippen LogP contribution in [0.25, 0.3) is 0 Å². The maximum absolute atomic E-state index is 13.3. The molecule has 0 bridgehead atoms. The van der Waals surface area contributed by atoms with Crippen LogP contribution in [0.4, 0.5) is 4.79 Å². The fraction of sp³-hybridized carbons (Fsp3) is 0.667. The molecule has 39 heavy (non-hydrogen) atoms. The van der Waals surface area contributed by atoms with Crippen LogP contribution in [0.2, 0.25) is 0 Å². The summed E-state index contributed by atoms with van der Waals surface area (Å²) < 4.78 is 10.9. The normalized spacial score (nSPS) is 28.5. The van der Waals surface area contributed by atoms with Gasteiger partial charge in [-0.05, 0) is 64.9 Å². The molecule has 0 unspecified atom stereocenters. The van der Waals surface area contributed by atoms with Gasteiger partial charge in [-0.2, -0.15) is 0 Å². The highest BCUT2D eigenvalue weighted by atomic mass is 16.6. The lowest BCUT2D eigenvalue weighted by atomic mass is 9.97. The number of nitrogens with one attached hydrogen (secondary N) is 3. The molecule has 3 N–H and O–H groups in total. The van der Waals surface area contributed by atoms with Gasteiger partial charge in [0.1, 0.15) is 12.2 Å². The van der Waals surface area contributed by atoms with Crippen LogP contribution in [0.3, 0.4) is 0 Å². The number of benzene rings is 1. The number of ether oxygens (including phenoxy) is 2. The first-order valence-corrected chi connectivity index (χ1v) is 14.4. The molecule has 3 fully saturated rings. The van der Waals surface area contributed by atoms with Crippen LogP contribution < -0.4 is 16.0 Å². The molecule has 1 aromatic rings. The maximum Gasteiger partial charge on any atom is 0.407 e. The standard InChI is InChI=1S/C30H43N3O6/c1-30(2,3)39-29(37)33-24-16-8-13-21(24)27(35)31-23-15-7-12-20(23)26(34)32-25-17-9-14-22(25)28(36)38-18-19-10-5-4-6-11-19/h4-6,10-11,20-25H,7-9,12-18H2,1-3H3,(H,31,35)(H,32,34)(H,33,37)/t20-,21-,22-,23-,24-,25-/m1/s1. The number of esters is 1. The van der Waals surface area contributed by atoms with Crippen molar-refractivity contribution in [3.8, 4) is 0 Å². The van der Waals surface area contributed by atoms with Crippen LogP contribution >= 0.6 is 0 Å². The number of hydrogen-bond acceptors (Lipinski definition) is 6. The van der Waals surface area contributed by atoms with E-state index in [4.69, 9.17) is 9.47 Å². The van der Waals surface area contributed by atoms with Gasteiger partial charge in [-0.1, -0.05) is 49.6 Å². The Kier molecular flexibility index (Phi) is 9.51. The third kappa shape index (κ3) is 7.96. The van der Waals surface area contributed by atoms with Gasteiger partial charge in [0.25, 0.3) is 0 Å². The van der Waals surface area contributed by atoms with Crippen molar-refractivity contribution in [2.75, 3.05) is 0 Å². The molecule has 3 saturated carbocycles. The first-order valence-electron chi connectivity index (χ1n) is 14.4. The van der Waals surface area contributed by atoms with Gasteiger partial charge in [-0.25, -0.2) is 4.79 Å². The lowest BCUT2D eigenvalue weighted by Crippen LogP contribution is -2.51. The molecule has 9 heteroatoms. The molecule has 0 radical (unpaired) electrons. The van der Waals surface area contributed by atoms with E-state index >= 15 is 0 Å². The predicted molar refractivity (Wildman–Crippen MR) is 145 cm³/mol. The summed E-state index contributed by atoms with van der Waals surface area (Å²) >= 11 is 0. The third-order valence-corrected chi connectivity index (χ3v) is 8.11. The first kappa shape index (κ1) is 28.9. The molecule has 1 aromatic carbocycles. The van der Waals surface area contributed by atoms with Crippen LogP contribution in [0.1, 0.15) is 84.1 Å². The van der Waals surface area contributed by atoms with E-state index in [2.05, 4.69) is 16.0 Å². The van der Waals surface area contributed by atoms with E-state index in [1.165, 1.54) is 0 Å². The summed E-state index contributed by atoms with van der Waals surface area (Å²) in [5.74, 6) is -1.55. The Morgan fingerprint density at radius 1 is 0.718 bits per heavy atom. The molecule has 214 valence electrons. The zero-order chi connectivity index (χ0) is 28.0. The van der Waals surface area contributed by atoms with E-state index < -0.39 is 11.7 Å². The number of carbonyl (C=O) groups is 4. The van der Waals surface area contributed by atoms with Crippen molar-refractivity contribution in [2.45, 2.75) is 109 Å². The van der Waals surface area contributed by atoms with Crippen molar-refractivity contribution in [1.82, 2.24) is 16.0 Å². The number of rotatable bonds is 8. The van der Waals surface area contributed by atoms with Crippen molar-refractivity contribution >= 4 is 23.9 Å². The summed E-state index contributed by atoms with van der Waals surface area (Å²) in [5, 5.41) is 9.10. The van der Waals surface area contributed by atoms with Gasteiger partial charge in [0.05, 0.1) is 17.8 Å². The van der Waals surface area contributed by atoms with E-state index in [1.54, 1.807) is 20.8 Å². The van der Waals surface area contributed by atoms with Crippen LogP contribution in [0.15, 0.2) is 30.3 Å². The van der Waals surface area contributed by atoms with E-state index in [0.717, 1.165) is 44.1 Å². The van der Waals surface area contributed by atoms with Gasteiger partial charge >= 0.3 is 12.1 Å². The highest BCUT2D eigenvalue weighted by molar-refractivity contribution is 5.84. The fourth-order valence-electron chi connectivity index (χ4n) is 6.18. The summed E-state index contributed by atoms with van der Waals surface area (Å²) in [6.07, 6.45) is 6.28. The average molecular weight is 542 g/mol. The second kappa shape index (κ2) is 12.8. The first-order chi connectivity index (χ1) is 18.6. The minimum Gasteiger partial charge on any atom is -0.461 e. The van der Waals surface area contributed by atoms with Crippen molar-refractivity contribution in [2.24, 2.45) is 17.8 Å². The van der Waals surface area contributed by atoms with E-state index in [-0.39, 0.29) is 60.3 Å². The molecule has 3 amide bonds. The summed E-state index contributed by atoms with van der Waals surface area (Å²) in [6.45, 7) is 5.63. The Balaban J connectivity index is 1.28. The Morgan fingerprint density at radius 3 is 1.74 bits per heavy atom. The molecule has 3 aliphatic carbocycles. The SMILES string of the molecule is CC(C)(C)OC(=O)N[C@@H]1CCC[C@H]1C(=O)N[C@@H]1CCC[C@H]1C(=O)N[C@@H]1CCC[C@H]1C(=O)OCc1ccccc1. The monoisotopic (exact) mass is 541 g/mol. The second-order valence-corrected chi connectivity index (χ2v) is 12.2. The smallest absolute Gasteiger partial charge is 0.407 e. The number of hydrogen-bond donors (Lipinski definition) is 3. The Labute approximate surface area is 231 Å². The van der Waals surface area contributed by atoms with Gasteiger partial charge < -0.3 is 25.4 Å². The van der Waals surface area contributed by atoms with E-state index in [0.29, 0.717) is 19.3 Å². The highest BCUT2D eigenvalue weighted by Gasteiger charge is 2.41. The Hall–Kier alpha value is -3.10. The molecular weight excluding hydrogens is 498 g/mol. The average Bonchev–Trinajstić information content (AvgIpc) is 3.63. The van der Waals surface area contributed by atoms with Crippen molar-refractivity contribution in [1.29, 1.82) is 0 Å². The lowest BCUT2D eigenvalue weighted by Gasteiger charge is -2.27. The van der Waals surface area contributed by atoms with Gasteiger partial charge in [0, 0.05) is 18.1 Å². The predicted octanol–water partition coefficient (Wildman–Crippen LogP) is 3.99. The molecule has 9 nitrogen and oxygen atoms in total. The van der Waals surface area contributed by atoms with Crippen LogP contribution in [-0.4, -0.2) is 47.6 Å². The third-order valence-electron chi connectivity index (χ3n) is 8.11. The summed E-state index contributed by atoms with van der Waals surface area (Å²) in [6, 6.07) is 8.76. The minimum absolute atomic E-state index is 0.111. The Morgan fingerprint density at radius 2 is 1.21 bits per heavy atom. The summed E-state index contributed by atoms with van der Waals surface area (Å²) in [7, 11) is 0. The van der Waals surface area contributed by atoms with Gasteiger partial charge in [-0.3, -0.25) is 14.4 Å². The molecule has 0 aromatic heterocycles. The Bertz CT molecular complexity index is 1020. The zero-order valence-electron chi connectivity index (χ0n) is 23.4. The van der Waals surface area contributed by atoms with Crippen molar-refractivity contribution < 1.29 is 28.7 Å². The van der Waals surface area contributed by atoms with Gasteiger partial charge in [-0.15, -0.1) is 0 Å². The molecule has 0 heterocycles. The summed E-state index contributed by atoms with van der Waals surface area (Å²) in [4.78, 5) is 51.6. The molecule has 4 rings (SSSR count). The molecule has 3 aliphatic rings. The quantitative estimate of drug-likeness (QED) is 0.428. The van der Waals surface area contributed by atoms with Gasteiger partial charge in [0.2, 0.25) is 11.8 Å². The topological polar surface area (TPSA) is 123 Å². The van der Waals surface area contributed by atoms with Crippen LogP contribution in [0, 0.1) is 17.8 Å². The minimum atomic E-state index is -0.609. The van der Waals surface area contributed by atoms with Crippen LogP contribution in [0.5, 0.6) is 0 Å². The number of amides is 3. The summed E-state index contributed by atoms with van der Waals surface area (Å²) in [5.41, 5.74) is 0.321. The zero-order valence-corrected chi connectivity index (χ0v) is 23.4. The fourth-order valence-corrected chi connectivity index (χ4v) is 6.18. The van der Waals surface area contributed by atoms with Crippen molar-refractivity contribution in [3.63, 3.8) is 0 Å². The van der Waals surface area contributed by atoms with E-state index in [9.17, 15) is 19.2 Å². The molecule has 0 saturated heterocycles. The lowest BCUT2D eigenvalue weighted by molar-refractivity contribution is -0.150.